The van der Waals surface area contributed by atoms with Gasteiger partial charge in [-0.3, -0.25) is 9.78 Å². The lowest BCUT2D eigenvalue weighted by molar-refractivity contribution is 0.0600. The first-order valence-corrected chi connectivity index (χ1v) is 7.82. The van der Waals surface area contributed by atoms with Crippen molar-refractivity contribution >= 4 is 12.0 Å². The number of pyridine rings is 1. The molecule has 1 aliphatic rings. The predicted octanol–water partition coefficient (Wildman–Crippen LogP) is 2.27. The molecular formula is C18H19N3O3. The second-order valence-corrected chi connectivity index (χ2v) is 5.55. The summed E-state index contributed by atoms with van der Waals surface area (Å²) in [6.07, 6.45) is 1.38. The van der Waals surface area contributed by atoms with Gasteiger partial charge in [-0.2, -0.15) is 0 Å². The summed E-state index contributed by atoms with van der Waals surface area (Å²) in [5.74, 6) is -0.0303. The van der Waals surface area contributed by atoms with Crippen LogP contribution in [0.15, 0.2) is 48.7 Å². The molecule has 0 spiro atoms. The van der Waals surface area contributed by atoms with E-state index in [1.54, 1.807) is 22.1 Å². The molecule has 0 N–H and O–H groups in total. The van der Waals surface area contributed by atoms with Gasteiger partial charge in [-0.1, -0.05) is 18.2 Å². The van der Waals surface area contributed by atoms with Crippen molar-refractivity contribution in [3.05, 3.63) is 54.2 Å². The van der Waals surface area contributed by atoms with E-state index in [4.69, 9.17) is 4.74 Å². The average Bonchev–Trinajstić information content (AvgIpc) is 2.67. The molecule has 1 saturated heterocycles. The van der Waals surface area contributed by atoms with Gasteiger partial charge in [0.25, 0.3) is 5.91 Å². The minimum atomic E-state index is -0.348. The van der Waals surface area contributed by atoms with E-state index in [2.05, 4.69) is 4.98 Å². The van der Waals surface area contributed by atoms with E-state index in [9.17, 15) is 9.59 Å². The van der Waals surface area contributed by atoms with Gasteiger partial charge in [0.2, 0.25) is 0 Å². The second-order valence-electron chi connectivity index (χ2n) is 5.55. The van der Waals surface area contributed by atoms with Crippen LogP contribution in [0.25, 0.3) is 11.3 Å². The van der Waals surface area contributed by atoms with E-state index in [0.29, 0.717) is 31.7 Å². The molecule has 0 bridgehead atoms. The van der Waals surface area contributed by atoms with Gasteiger partial charge in [0, 0.05) is 43.5 Å². The number of methoxy groups -OCH3 is 1. The fraction of sp³-hybridized carbons (Fsp3) is 0.278. The lowest BCUT2D eigenvalue weighted by Crippen LogP contribution is -2.50. The zero-order chi connectivity index (χ0) is 16.9. The molecule has 3 rings (SSSR count). The molecule has 1 aromatic carbocycles. The van der Waals surface area contributed by atoms with Crippen LogP contribution in [0.1, 0.15) is 10.4 Å². The SMILES string of the molecule is COC(=O)N1CCN(C(=O)c2cccc(-c3ccccn3)c2)CC1. The first-order valence-electron chi connectivity index (χ1n) is 7.82. The number of benzene rings is 1. The van der Waals surface area contributed by atoms with E-state index in [-0.39, 0.29) is 12.0 Å². The second kappa shape index (κ2) is 7.12. The number of ether oxygens (including phenoxy) is 1. The molecule has 0 radical (unpaired) electrons. The van der Waals surface area contributed by atoms with Gasteiger partial charge >= 0.3 is 6.09 Å². The molecule has 0 unspecified atom stereocenters. The quantitative estimate of drug-likeness (QED) is 0.850. The third-order valence-electron chi connectivity index (χ3n) is 4.07. The standard InChI is InChI=1S/C18H19N3O3/c1-24-18(23)21-11-9-20(10-12-21)17(22)15-6-4-5-14(13-15)16-7-2-3-8-19-16/h2-8,13H,9-12H2,1H3. The van der Waals surface area contributed by atoms with Crippen molar-refractivity contribution in [1.82, 2.24) is 14.8 Å². The third-order valence-corrected chi connectivity index (χ3v) is 4.07. The summed E-state index contributed by atoms with van der Waals surface area (Å²) in [5, 5.41) is 0. The maximum Gasteiger partial charge on any atom is 0.409 e. The van der Waals surface area contributed by atoms with Crippen LogP contribution in [-0.4, -0.2) is 60.1 Å². The van der Waals surface area contributed by atoms with Gasteiger partial charge < -0.3 is 14.5 Å². The van der Waals surface area contributed by atoms with Crippen molar-refractivity contribution in [1.29, 1.82) is 0 Å². The summed E-state index contributed by atoms with van der Waals surface area (Å²) >= 11 is 0. The molecular weight excluding hydrogens is 306 g/mol. The first-order chi connectivity index (χ1) is 11.7. The van der Waals surface area contributed by atoms with Crippen LogP contribution in [-0.2, 0) is 4.74 Å². The van der Waals surface area contributed by atoms with E-state index < -0.39 is 0 Å². The number of amides is 2. The number of aromatic nitrogens is 1. The smallest absolute Gasteiger partial charge is 0.409 e. The molecule has 0 aliphatic carbocycles. The Labute approximate surface area is 140 Å². The predicted molar refractivity (Wildman–Crippen MR) is 89.6 cm³/mol. The van der Waals surface area contributed by atoms with E-state index in [1.807, 2.05) is 36.4 Å². The topological polar surface area (TPSA) is 62.7 Å². The molecule has 1 aliphatic heterocycles. The van der Waals surface area contributed by atoms with Crippen LogP contribution >= 0.6 is 0 Å². The molecule has 124 valence electrons. The molecule has 2 aromatic rings. The summed E-state index contributed by atoms with van der Waals surface area (Å²) in [4.78, 5) is 31.9. The summed E-state index contributed by atoms with van der Waals surface area (Å²) < 4.78 is 4.71. The molecule has 6 heteroatoms. The minimum absolute atomic E-state index is 0.0303. The van der Waals surface area contributed by atoms with Crippen LogP contribution in [0, 0.1) is 0 Å². The Kier molecular flexibility index (Phi) is 4.74. The monoisotopic (exact) mass is 325 g/mol. The van der Waals surface area contributed by atoms with Gasteiger partial charge in [0.15, 0.2) is 0 Å². The van der Waals surface area contributed by atoms with Gasteiger partial charge in [-0.05, 0) is 24.3 Å². The van der Waals surface area contributed by atoms with Gasteiger partial charge in [-0.15, -0.1) is 0 Å². The summed E-state index contributed by atoms with van der Waals surface area (Å²) in [7, 11) is 1.36. The molecule has 1 fully saturated rings. The highest BCUT2D eigenvalue weighted by Gasteiger charge is 2.25. The maximum atomic E-state index is 12.7. The molecule has 2 heterocycles. The molecule has 0 atom stereocenters. The fourth-order valence-corrected chi connectivity index (χ4v) is 2.75. The minimum Gasteiger partial charge on any atom is -0.453 e. The number of hydrogen-bond acceptors (Lipinski definition) is 4. The molecule has 24 heavy (non-hydrogen) atoms. The van der Waals surface area contributed by atoms with Crippen LogP contribution in [0.4, 0.5) is 4.79 Å². The van der Waals surface area contributed by atoms with Gasteiger partial charge in [0.05, 0.1) is 12.8 Å². The Morgan fingerprint density at radius 1 is 1.00 bits per heavy atom. The van der Waals surface area contributed by atoms with Crippen molar-refractivity contribution in [3.8, 4) is 11.3 Å². The molecule has 6 nitrogen and oxygen atoms in total. The Hall–Kier alpha value is -2.89. The summed E-state index contributed by atoms with van der Waals surface area (Å²) in [6.45, 7) is 1.97. The number of carbonyl (C=O) groups is 2. The molecule has 0 saturated carbocycles. The van der Waals surface area contributed by atoms with Crippen molar-refractivity contribution in [2.45, 2.75) is 0 Å². The number of piperazine rings is 1. The molecule has 2 amide bonds. The highest BCUT2D eigenvalue weighted by atomic mass is 16.5. The maximum absolute atomic E-state index is 12.7. The van der Waals surface area contributed by atoms with Crippen molar-refractivity contribution in [2.75, 3.05) is 33.3 Å². The van der Waals surface area contributed by atoms with Crippen LogP contribution in [0.2, 0.25) is 0 Å². The number of nitrogens with zero attached hydrogens (tertiary/aromatic N) is 3. The van der Waals surface area contributed by atoms with E-state index in [1.165, 1.54) is 7.11 Å². The average molecular weight is 325 g/mol. The Morgan fingerprint density at radius 3 is 2.42 bits per heavy atom. The highest BCUT2D eigenvalue weighted by Crippen LogP contribution is 2.19. The van der Waals surface area contributed by atoms with E-state index >= 15 is 0 Å². The Bertz CT molecular complexity index is 725. The lowest BCUT2D eigenvalue weighted by Gasteiger charge is -2.33. The number of carbonyl (C=O) groups excluding carboxylic acids is 2. The summed E-state index contributed by atoms with van der Waals surface area (Å²) in [5.41, 5.74) is 2.38. The highest BCUT2D eigenvalue weighted by molar-refractivity contribution is 5.95. The van der Waals surface area contributed by atoms with Crippen LogP contribution in [0.5, 0.6) is 0 Å². The van der Waals surface area contributed by atoms with Crippen LogP contribution < -0.4 is 0 Å². The van der Waals surface area contributed by atoms with Crippen molar-refractivity contribution in [2.24, 2.45) is 0 Å². The Balaban J connectivity index is 1.71. The normalized spacial score (nSPS) is 14.4. The van der Waals surface area contributed by atoms with Crippen molar-refractivity contribution < 1.29 is 14.3 Å². The van der Waals surface area contributed by atoms with Gasteiger partial charge in [-0.25, -0.2) is 4.79 Å². The zero-order valence-electron chi connectivity index (χ0n) is 13.5. The third kappa shape index (κ3) is 3.37. The van der Waals surface area contributed by atoms with Gasteiger partial charge in [0.1, 0.15) is 0 Å². The van der Waals surface area contributed by atoms with Crippen molar-refractivity contribution in [3.63, 3.8) is 0 Å². The van der Waals surface area contributed by atoms with E-state index in [0.717, 1.165) is 11.3 Å². The summed E-state index contributed by atoms with van der Waals surface area (Å²) in [6, 6.07) is 13.2. The number of hydrogen-bond donors (Lipinski definition) is 0. The molecule has 1 aromatic heterocycles. The first kappa shape index (κ1) is 16.0. The lowest BCUT2D eigenvalue weighted by atomic mass is 10.1. The Morgan fingerprint density at radius 2 is 1.75 bits per heavy atom. The fourth-order valence-electron chi connectivity index (χ4n) is 2.75. The zero-order valence-corrected chi connectivity index (χ0v) is 13.5. The largest absolute Gasteiger partial charge is 0.453 e. The van der Waals surface area contributed by atoms with Crippen LogP contribution in [0.3, 0.4) is 0 Å². The number of rotatable bonds is 2.